The molecule has 0 aliphatic carbocycles. The molecule has 0 saturated heterocycles. The molecule has 0 radical (unpaired) electrons. The van der Waals surface area contributed by atoms with Crippen molar-refractivity contribution in [2.75, 3.05) is 6.54 Å². The van der Waals surface area contributed by atoms with Crippen LogP contribution in [0.2, 0.25) is 0 Å². The standard InChI is InChI=1S/C25H37N7O9/c26-15(8-10-19(33)34)21(37)30-17(9-11-20(35)36)23(39)31-16(7-4-12-29-25(27)28)22(38)32-18(24(40)41)13-14-5-2-1-3-6-14/h1-3,5-6,15-18H,4,7-13,26H2,(H,30,37)(H,31,39)(H,32,38)(H,33,34)(H,35,36)(H,40,41)(H4,27,28,29). The lowest BCUT2D eigenvalue weighted by Gasteiger charge is -2.25. The number of nitrogens with zero attached hydrogens (tertiary/aromatic N) is 1. The van der Waals surface area contributed by atoms with Crippen molar-refractivity contribution in [3.05, 3.63) is 35.9 Å². The first-order valence-electron chi connectivity index (χ1n) is 12.7. The maximum Gasteiger partial charge on any atom is 0.326 e. The Morgan fingerprint density at radius 2 is 1.24 bits per heavy atom. The Kier molecular flexibility index (Phi) is 14.9. The van der Waals surface area contributed by atoms with Gasteiger partial charge in [-0.2, -0.15) is 0 Å². The van der Waals surface area contributed by atoms with Crippen molar-refractivity contribution in [1.82, 2.24) is 16.0 Å². The summed E-state index contributed by atoms with van der Waals surface area (Å²) < 4.78 is 0. The molecule has 0 aliphatic heterocycles. The SMILES string of the molecule is NC(N)=NCCCC(NC(=O)C(CCC(=O)O)NC(=O)C(N)CCC(=O)O)C(=O)NC(Cc1ccccc1)C(=O)O. The summed E-state index contributed by atoms with van der Waals surface area (Å²) in [6.45, 7) is 0.0893. The number of nitrogens with two attached hydrogens (primary N) is 3. The summed E-state index contributed by atoms with van der Waals surface area (Å²) in [5.74, 6) is -6.61. The third kappa shape index (κ3) is 14.3. The van der Waals surface area contributed by atoms with E-state index in [1.165, 1.54) is 0 Å². The quantitative estimate of drug-likeness (QED) is 0.0483. The van der Waals surface area contributed by atoms with Crippen molar-refractivity contribution >= 4 is 41.6 Å². The molecule has 0 spiro atoms. The van der Waals surface area contributed by atoms with Crippen LogP contribution in [0, 0.1) is 0 Å². The number of carboxylic acid groups (broad SMARTS) is 3. The predicted octanol–water partition coefficient (Wildman–Crippen LogP) is -2.12. The highest BCUT2D eigenvalue weighted by molar-refractivity contribution is 5.94. The number of guanidine groups is 1. The van der Waals surface area contributed by atoms with Crippen LogP contribution in [0.15, 0.2) is 35.3 Å². The average molecular weight is 580 g/mol. The topological polar surface area (TPSA) is 290 Å². The van der Waals surface area contributed by atoms with E-state index in [4.69, 9.17) is 27.4 Å². The molecule has 4 atom stereocenters. The van der Waals surface area contributed by atoms with Crippen molar-refractivity contribution in [3.8, 4) is 0 Å². The third-order valence-corrected chi connectivity index (χ3v) is 5.76. The van der Waals surface area contributed by atoms with Crippen LogP contribution in [0.1, 0.15) is 44.1 Å². The molecule has 12 N–H and O–H groups in total. The molecular weight excluding hydrogens is 542 g/mol. The number of nitrogens with one attached hydrogen (secondary N) is 3. The normalized spacial score (nSPS) is 13.5. The molecule has 0 aliphatic rings. The maximum atomic E-state index is 13.1. The number of rotatable bonds is 19. The second-order valence-electron chi connectivity index (χ2n) is 9.13. The van der Waals surface area contributed by atoms with E-state index in [9.17, 15) is 33.9 Å². The van der Waals surface area contributed by atoms with Crippen LogP contribution < -0.4 is 33.2 Å². The Balaban J connectivity index is 3.09. The van der Waals surface area contributed by atoms with E-state index < -0.39 is 72.6 Å². The first kappa shape index (κ1) is 34.3. The molecule has 0 saturated carbocycles. The van der Waals surface area contributed by atoms with Crippen LogP contribution in [0.3, 0.4) is 0 Å². The van der Waals surface area contributed by atoms with Gasteiger partial charge in [0.15, 0.2) is 5.96 Å². The molecule has 16 nitrogen and oxygen atoms in total. The summed E-state index contributed by atoms with van der Waals surface area (Å²) in [7, 11) is 0. The molecule has 226 valence electrons. The first-order chi connectivity index (χ1) is 19.3. The van der Waals surface area contributed by atoms with Crippen LogP contribution >= 0.6 is 0 Å². The number of benzene rings is 1. The van der Waals surface area contributed by atoms with E-state index in [0.29, 0.717) is 5.56 Å². The molecular formula is C25H37N7O9. The average Bonchev–Trinajstić information content (AvgIpc) is 2.90. The lowest BCUT2D eigenvalue weighted by Crippen LogP contribution is -2.57. The monoisotopic (exact) mass is 579 g/mol. The number of aliphatic imine (C=N–C) groups is 1. The van der Waals surface area contributed by atoms with E-state index in [-0.39, 0.29) is 44.6 Å². The Morgan fingerprint density at radius 1 is 0.732 bits per heavy atom. The van der Waals surface area contributed by atoms with Crippen molar-refractivity contribution in [1.29, 1.82) is 0 Å². The molecule has 16 heteroatoms. The van der Waals surface area contributed by atoms with Crippen molar-refractivity contribution in [3.63, 3.8) is 0 Å². The van der Waals surface area contributed by atoms with E-state index in [1.807, 2.05) is 0 Å². The van der Waals surface area contributed by atoms with Crippen LogP contribution in [0.4, 0.5) is 0 Å². The molecule has 41 heavy (non-hydrogen) atoms. The van der Waals surface area contributed by atoms with Gasteiger partial charge in [0, 0.05) is 25.8 Å². The summed E-state index contributed by atoms with van der Waals surface area (Å²) in [5.41, 5.74) is 17.0. The molecule has 3 amide bonds. The van der Waals surface area contributed by atoms with E-state index in [2.05, 4.69) is 20.9 Å². The zero-order valence-corrected chi connectivity index (χ0v) is 22.3. The van der Waals surface area contributed by atoms with Crippen LogP contribution in [0.25, 0.3) is 0 Å². The Bertz CT molecular complexity index is 1090. The largest absolute Gasteiger partial charge is 0.481 e. The molecule has 1 aromatic rings. The summed E-state index contributed by atoms with van der Waals surface area (Å²) in [6.07, 6.45) is -1.42. The van der Waals surface area contributed by atoms with E-state index in [1.54, 1.807) is 30.3 Å². The van der Waals surface area contributed by atoms with Gasteiger partial charge in [0.1, 0.15) is 18.1 Å². The number of carboxylic acids is 3. The van der Waals surface area contributed by atoms with Gasteiger partial charge in [0.2, 0.25) is 17.7 Å². The summed E-state index contributed by atoms with van der Waals surface area (Å²) in [6, 6.07) is 3.17. The van der Waals surface area contributed by atoms with Crippen molar-refractivity contribution < 1.29 is 44.1 Å². The fraction of sp³-hybridized carbons (Fsp3) is 0.480. The first-order valence-corrected chi connectivity index (χ1v) is 12.7. The highest BCUT2D eigenvalue weighted by Crippen LogP contribution is 2.08. The van der Waals surface area contributed by atoms with Gasteiger partial charge in [-0.3, -0.25) is 29.0 Å². The van der Waals surface area contributed by atoms with Crippen molar-refractivity contribution in [2.45, 2.75) is 69.1 Å². The minimum absolute atomic E-state index is 0.0379. The zero-order chi connectivity index (χ0) is 30.9. The molecule has 4 unspecified atom stereocenters. The molecule has 1 aromatic carbocycles. The highest BCUT2D eigenvalue weighted by atomic mass is 16.4. The van der Waals surface area contributed by atoms with Gasteiger partial charge in [-0.25, -0.2) is 4.79 Å². The van der Waals surface area contributed by atoms with Gasteiger partial charge in [-0.1, -0.05) is 30.3 Å². The van der Waals surface area contributed by atoms with Crippen LogP contribution in [-0.4, -0.2) is 87.6 Å². The molecule has 0 fully saturated rings. The lowest BCUT2D eigenvalue weighted by atomic mass is 10.0. The second kappa shape index (κ2) is 17.8. The maximum absolute atomic E-state index is 13.1. The number of carbonyl (C=O) groups excluding carboxylic acids is 3. The molecule has 0 aromatic heterocycles. The second-order valence-corrected chi connectivity index (χ2v) is 9.13. The number of hydrogen-bond donors (Lipinski definition) is 9. The summed E-state index contributed by atoms with van der Waals surface area (Å²) in [4.78, 5) is 76.3. The number of aliphatic carboxylic acids is 3. The lowest BCUT2D eigenvalue weighted by molar-refractivity contribution is -0.142. The Labute approximate surface area is 235 Å². The number of hydrogen-bond acceptors (Lipinski definition) is 8. The van der Waals surface area contributed by atoms with Gasteiger partial charge in [-0.15, -0.1) is 0 Å². The van der Waals surface area contributed by atoms with Gasteiger partial charge in [0.25, 0.3) is 0 Å². The van der Waals surface area contributed by atoms with Crippen LogP contribution in [0.5, 0.6) is 0 Å². The summed E-state index contributed by atoms with van der Waals surface area (Å²) >= 11 is 0. The van der Waals surface area contributed by atoms with Gasteiger partial charge >= 0.3 is 17.9 Å². The van der Waals surface area contributed by atoms with Gasteiger partial charge in [-0.05, 0) is 31.2 Å². The van der Waals surface area contributed by atoms with Gasteiger partial charge < -0.3 is 48.5 Å². The molecule has 0 bridgehead atoms. The molecule has 1 rings (SSSR count). The summed E-state index contributed by atoms with van der Waals surface area (Å²) in [5, 5.41) is 34.7. The fourth-order valence-electron chi connectivity index (χ4n) is 3.59. The smallest absolute Gasteiger partial charge is 0.326 e. The zero-order valence-electron chi connectivity index (χ0n) is 22.3. The van der Waals surface area contributed by atoms with Crippen molar-refractivity contribution in [2.24, 2.45) is 22.2 Å². The third-order valence-electron chi connectivity index (χ3n) is 5.76. The molecule has 0 heterocycles. The van der Waals surface area contributed by atoms with E-state index in [0.717, 1.165) is 0 Å². The minimum Gasteiger partial charge on any atom is -0.481 e. The Morgan fingerprint density at radius 3 is 1.78 bits per heavy atom. The number of amides is 3. The van der Waals surface area contributed by atoms with E-state index >= 15 is 0 Å². The number of carbonyl (C=O) groups is 6. The minimum atomic E-state index is -1.44. The fourth-order valence-corrected chi connectivity index (χ4v) is 3.59. The Hall–Kier alpha value is -4.73. The van der Waals surface area contributed by atoms with Gasteiger partial charge in [0.05, 0.1) is 6.04 Å². The highest BCUT2D eigenvalue weighted by Gasteiger charge is 2.30. The predicted molar refractivity (Wildman–Crippen MR) is 145 cm³/mol. The van der Waals surface area contributed by atoms with Crippen LogP contribution in [-0.2, 0) is 35.2 Å².